The topological polar surface area (TPSA) is 70.6 Å². The van der Waals surface area contributed by atoms with Crippen LogP contribution in [0, 0.1) is 0 Å². The third-order valence-electron chi connectivity index (χ3n) is 5.09. The van der Waals surface area contributed by atoms with Gasteiger partial charge in [-0.1, -0.05) is 47.6 Å². The highest BCUT2D eigenvalue weighted by Crippen LogP contribution is 2.25. The van der Waals surface area contributed by atoms with Crippen LogP contribution in [-0.2, 0) is 10.5 Å². The normalized spacial score (nSPS) is 14.0. The number of ether oxygens (including phenoxy) is 1. The van der Waals surface area contributed by atoms with Gasteiger partial charge in [0.2, 0.25) is 0 Å². The zero-order valence-electron chi connectivity index (χ0n) is 18.7. The minimum absolute atomic E-state index is 0.0604. The Morgan fingerprint density at radius 1 is 1.18 bits per heavy atom. The van der Waals surface area contributed by atoms with Crippen molar-refractivity contribution >= 4 is 35.1 Å². The number of nitrogens with one attached hydrogen (secondary N) is 1. The molecule has 0 saturated carbocycles. The van der Waals surface area contributed by atoms with Gasteiger partial charge >= 0.3 is 0 Å². The minimum Gasteiger partial charge on any atom is -0.379 e. The van der Waals surface area contributed by atoms with Gasteiger partial charge in [0, 0.05) is 56.7 Å². The molecule has 0 aliphatic carbocycles. The van der Waals surface area contributed by atoms with Crippen molar-refractivity contribution in [3.63, 3.8) is 0 Å². The van der Waals surface area contributed by atoms with Gasteiger partial charge in [0.1, 0.15) is 11.0 Å². The first-order chi connectivity index (χ1) is 16.1. The molecule has 7 nitrogen and oxygen atoms in total. The summed E-state index contributed by atoms with van der Waals surface area (Å²) in [7, 11) is 0. The molecule has 0 bridgehead atoms. The number of hydrogen-bond acceptors (Lipinski definition) is 7. The van der Waals surface area contributed by atoms with Crippen LogP contribution in [0.4, 0.5) is 5.82 Å². The van der Waals surface area contributed by atoms with Crippen LogP contribution < -0.4 is 10.2 Å². The van der Waals surface area contributed by atoms with Gasteiger partial charge in [0.15, 0.2) is 5.16 Å². The summed E-state index contributed by atoms with van der Waals surface area (Å²) in [4.78, 5) is 25.7. The first-order valence-corrected chi connectivity index (χ1v) is 12.3. The van der Waals surface area contributed by atoms with Crippen molar-refractivity contribution in [1.29, 1.82) is 0 Å². The molecule has 1 amide bonds. The molecule has 9 heteroatoms. The molecule has 33 heavy (non-hydrogen) atoms. The fourth-order valence-corrected chi connectivity index (χ4v) is 4.38. The summed E-state index contributed by atoms with van der Waals surface area (Å²) in [6, 6.07) is 9.35. The van der Waals surface area contributed by atoms with Crippen molar-refractivity contribution in [3.8, 4) is 0 Å². The molecule has 0 radical (unpaired) electrons. The van der Waals surface area contributed by atoms with Crippen LogP contribution in [0.15, 0.2) is 60.8 Å². The molecule has 1 aromatic carbocycles. The SMILES string of the molecule is C=CCN(CC=C)c1cc(Cl)nc(SCc2ccc(C(=O)NCCN3CCOCC3)cc2)n1. The average Bonchev–Trinajstić information content (AvgIpc) is 2.83. The Morgan fingerprint density at radius 3 is 2.55 bits per heavy atom. The highest BCUT2D eigenvalue weighted by Gasteiger charge is 2.12. The maximum absolute atomic E-state index is 12.4. The maximum Gasteiger partial charge on any atom is 0.251 e. The quantitative estimate of drug-likeness (QED) is 0.212. The number of benzene rings is 1. The molecule has 1 saturated heterocycles. The molecule has 3 rings (SSSR count). The monoisotopic (exact) mass is 487 g/mol. The summed E-state index contributed by atoms with van der Waals surface area (Å²) in [5.74, 6) is 1.35. The Morgan fingerprint density at radius 2 is 1.88 bits per heavy atom. The Labute approximate surface area is 204 Å². The predicted molar refractivity (Wildman–Crippen MR) is 135 cm³/mol. The van der Waals surface area contributed by atoms with Gasteiger partial charge in [-0.3, -0.25) is 9.69 Å². The fourth-order valence-electron chi connectivity index (χ4n) is 3.34. The third-order valence-corrected chi connectivity index (χ3v) is 6.20. The molecule has 1 N–H and O–H groups in total. The number of carbonyl (C=O) groups excluding carboxylic acids is 1. The van der Waals surface area contributed by atoms with E-state index in [1.165, 1.54) is 11.8 Å². The van der Waals surface area contributed by atoms with Crippen molar-refractivity contribution < 1.29 is 9.53 Å². The number of anilines is 1. The molecule has 0 spiro atoms. The van der Waals surface area contributed by atoms with E-state index in [4.69, 9.17) is 16.3 Å². The molecule has 176 valence electrons. The van der Waals surface area contributed by atoms with Gasteiger partial charge in [0.05, 0.1) is 13.2 Å². The van der Waals surface area contributed by atoms with E-state index >= 15 is 0 Å². The molecule has 1 fully saturated rings. The zero-order chi connectivity index (χ0) is 23.5. The second kappa shape index (κ2) is 13.3. The second-order valence-corrected chi connectivity index (χ2v) is 8.84. The van der Waals surface area contributed by atoms with E-state index in [2.05, 4.69) is 33.3 Å². The predicted octanol–water partition coefficient (Wildman–Crippen LogP) is 3.66. The summed E-state index contributed by atoms with van der Waals surface area (Å²) in [6.07, 6.45) is 3.62. The van der Waals surface area contributed by atoms with Crippen LogP contribution >= 0.6 is 23.4 Å². The van der Waals surface area contributed by atoms with Crippen LogP contribution in [-0.4, -0.2) is 73.3 Å². The van der Waals surface area contributed by atoms with E-state index in [0.717, 1.165) is 44.2 Å². The van der Waals surface area contributed by atoms with E-state index in [9.17, 15) is 4.79 Å². The number of hydrogen-bond donors (Lipinski definition) is 1. The van der Waals surface area contributed by atoms with Crippen LogP contribution in [0.25, 0.3) is 0 Å². The Kier molecular flexibility index (Phi) is 10.2. The number of aromatic nitrogens is 2. The van der Waals surface area contributed by atoms with Crippen molar-refractivity contribution in [3.05, 3.63) is 71.9 Å². The number of amides is 1. The summed E-state index contributed by atoms with van der Waals surface area (Å²) in [5.41, 5.74) is 1.72. The molecule has 0 unspecified atom stereocenters. The molecular weight excluding hydrogens is 458 g/mol. The fraction of sp³-hybridized carbons (Fsp3) is 0.375. The number of thioether (sulfide) groups is 1. The largest absolute Gasteiger partial charge is 0.379 e. The van der Waals surface area contributed by atoms with Gasteiger partial charge in [0.25, 0.3) is 5.91 Å². The van der Waals surface area contributed by atoms with Crippen molar-refractivity contribution in [2.45, 2.75) is 10.9 Å². The van der Waals surface area contributed by atoms with Crippen LogP contribution in [0.1, 0.15) is 15.9 Å². The highest BCUT2D eigenvalue weighted by molar-refractivity contribution is 7.98. The molecule has 2 heterocycles. The minimum atomic E-state index is -0.0604. The van der Waals surface area contributed by atoms with Crippen molar-refractivity contribution in [2.75, 3.05) is 57.4 Å². The lowest BCUT2D eigenvalue weighted by Crippen LogP contribution is -2.41. The smallest absolute Gasteiger partial charge is 0.251 e. The van der Waals surface area contributed by atoms with E-state index < -0.39 is 0 Å². The first-order valence-electron chi connectivity index (χ1n) is 10.9. The van der Waals surface area contributed by atoms with Gasteiger partial charge in [-0.15, -0.1) is 13.2 Å². The van der Waals surface area contributed by atoms with E-state index in [1.807, 2.05) is 41.3 Å². The molecule has 2 aromatic rings. The van der Waals surface area contributed by atoms with E-state index in [0.29, 0.717) is 41.3 Å². The first kappa shape index (κ1) is 25.2. The van der Waals surface area contributed by atoms with Gasteiger partial charge < -0.3 is 15.0 Å². The lowest BCUT2D eigenvalue weighted by atomic mass is 10.1. The van der Waals surface area contributed by atoms with Gasteiger partial charge in [-0.05, 0) is 17.7 Å². The average molecular weight is 488 g/mol. The van der Waals surface area contributed by atoms with Crippen LogP contribution in [0.2, 0.25) is 5.15 Å². The molecule has 0 atom stereocenters. The number of nitrogens with zero attached hydrogens (tertiary/aromatic N) is 4. The van der Waals surface area contributed by atoms with Crippen LogP contribution in [0.5, 0.6) is 0 Å². The Hall–Kier alpha value is -2.39. The molecule has 1 aliphatic heterocycles. The summed E-state index contributed by atoms with van der Waals surface area (Å²) >= 11 is 7.72. The van der Waals surface area contributed by atoms with Gasteiger partial charge in [-0.25, -0.2) is 9.97 Å². The zero-order valence-corrected chi connectivity index (χ0v) is 20.3. The number of carbonyl (C=O) groups is 1. The van der Waals surface area contributed by atoms with Crippen LogP contribution in [0.3, 0.4) is 0 Å². The number of morpholine rings is 1. The third kappa shape index (κ3) is 8.16. The standard InChI is InChI=1S/C24H30ClN5O2S/c1-3-10-30(11-4-2)22-17-21(25)27-24(28-22)33-18-19-5-7-20(8-6-19)23(31)26-9-12-29-13-15-32-16-14-29/h3-8,17H,1-2,9-16,18H2,(H,26,31). The lowest BCUT2D eigenvalue weighted by molar-refractivity contribution is 0.0383. The van der Waals surface area contributed by atoms with E-state index in [1.54, 1.807) is 6.07 Å². The number of rotatable bonds is 12. The molecule has 1 aromatic heterocycles. The Balaban J connectivity index is 1.52. The second-order valence-electron chi connectivity index (χ2n) is 7.51. The van der Waals surface area contributed by atoms with E-state index in [-0.39, 0.29) is 5.91 Å². The maximum atomic E-state index is 12.4. The molecular formula is C24H30ClN5O2S. The summed E-state index contributed by atoms with van der Waals surface area (Å²) in [6.45, 7) is 13.7. The Bertz CT molecular complexity index is 925. The van der Waals surface area contributed by atoms with Gasteiger partial charge in [-0.2, -0.15) is 0 Å². The number of halogens is 1. The summed E-state index contributed by atoms with van der Waals surface area (Å²) in [5, 5.41) is 3.98. The highest BCUT2D eigenvalue weighted by atomic mass is 35.5. The van der Waals surface area contributed by atoms with Crippen molar-refractivity contribution in [1.82, 2.24) is 20.2 Å². The lowest BCUT2D eigenvalue weighted by Gasteiger charge is -2.26. The van der Waals surface area contributed by atoms with Crippen molar-refractivity contribution in [2.24, 2.45) is 0 Å². The molecule has 1 aliphatic rings. The summed E-state index contributed by atoms with van der Waals surface area (Å²) < 4.78 is 5.34.